The largest absolute Gasteiger partial charge is 0.309 e. The number of hydrogen-bond donors (Lipinski definition) is 0. The Bertz CT molecular complexity index is 4910. The van der Waals surface area contributed by atoms with Gasteiger partial charge < -0.3 is 9.13 Å². The quantitative estimate of drug-likeness (QED) is 0.151. The van der Waals surface area contributed by atoms with Crippen molar-refractivity contribution in [3.63, 3.8) is 0 Å². The van der Waals surface area contributed by atoms with Crippen molar-refractivity contribution < 1.29 is 0 Å². The minimum atomic E-state index is 0.939. The van der Waals surface area contributed by atoms with Crippen LogP contribution in [0.2, 0.25) is 0 Å². The third-order valence-electron chi connectivity index (χ3n) is 15.9. The van der Waals surface area contributed by atoms with E-state index in [1.165, 1.54) is 140 Å². The molecule has 0 fully saturated rings. The molecule has 0 N–H and O–H groups in total. The number of fused-ring (bicyclic) bond motifs is 12. The van der Waals surface area contributed by atoms with Crippen molar-refractivity contribution in [3.8, 4) is 55.9 Å². The molecule has 0 atom stereocenters. The highest BCUT2D eigenvalue weighted by atomic mass is 32.1. The molecule has 4 heterocycles. The topological polar surface area (TPSA) is 9.86 Å². The standard InChI is InChI=1S/C73H46N2S2/c1-5-14-46(15-6-1)48-18-13-23-70-62(42-48)64-44-54(29-36-71(64)76-70)52-26-33-68-60(40-52)58-38-50(24-31-66(58)74(68)56-19-9-3-10-20-56)51-25-32-67-59(39-51)61-41-53(27-34-69(61)75(67)57-21-11-4-12-22-57)55-30-37-73-65(45-55)63-43-49(28-35-72(63)77-73)47-16-7-2-8-17-47/h1-22,24-45H,23H2. The molecular weight excluding hydrogens is 969 g/mol. The Kier molecular flexibility index (Phi) is 10.1. The summed E-state index contributed by atoms with van der Waals surface area (Å²) in [5.41, 5.74) is 20.6. The first-order valence-corrected chi connectivity index (χ1v) is 28.1. The second-order valence-electron chi connectivity index (χ2n) is 20.4. The van der Waals surface area contributed by atoms with Crippen LogP contribution in [-0.4, -0.2) is 9.13 Å². The Morgan fingerprint density at radius 3 is 1.08 bits per heavy atom. The average molecular weight is 1020 g/mol. The van der Waals surface area contributed by atoms with E-state index in [1.807, 2.05) is 22.7 Å². The zero-order valence-corrected chi connectivity index (χ0v) is 43.5. The van der Waals surface area contributed by atoms with E-state index in [9.17, 15) is 0 Å². The normalized spacial score (nSPS) is 12.6. The van der Waals surface area contributed by atoms with E-state index in [4.69, 9.17) is 0 Å². The van der Waals surface area contributed by atoms with Crippen LogP contribution in [0.4, 0.5) is 0 Å². The molecule has 11 aromatic carbocycles. The number of para-hydroxylation sites is 2. The molecule has 1 aliphatic carbocycles. The first-order chi connectivity index (χ1) is 38.1. The average Bonchev–Trinajstić information content (AvgIpc) is 4.21. The maximum atomic E-state index is 2.43. The van der Waals surface area contributed by atoms with E-state index < -0.39 is 0 Å². The summed E-state index contributed by atoms with van der Waals surface area (Å²) in [5.74, 6) is 0. The molecule has 0 amide bonds. The SMILES string of the molecule is C1=CC(c2ccccc2)=Cc2c(sc3ccc(-c4ccc5c(c4)c4cc(-c6ccc7c(c6)c6cc(-c8ccc9sc%10ccc(-c%11ccccc%11)cc%10c9c8)ccc6n7-c6ccccc6)ccc4n5-c4ccccc4)cc23)C1. The van der Waals surface area contributed by atoms with E-state index in [0.29, 0.717) is 0 Å². The van der Waals surface area contributed by atoms with Crippen molar-refractivity contribution in [1.82, 2.24) is 9.13 Å². The van der Waals surface area contributed by atoms with Crippen LogP contribution >= 0.6 is 22.7 Å². The van der Waals surface area contributed by atoms with Gasteiger partial charge in [-0.3, -0.25) is 0 Å². The van der Waals surface area contributed by atoms with Gasteiger partial charge in [0.05, 0.1) is 22.1 Å². The Morgan fingerprint density at radius 2 is 0.636 bits per heavy atom. The number of hydrogen-bond acceptors (Lipinski definition) is 2. The van der Waals surface area contributed by atoms with Gasteiger partial charge in [0.1, 0.15) is 0 Å². The lowest BCUT2D eigenvalue weighted by Crippen LogP contribution is -1.93. The van der Waals surface area contributed by atoms with Gasteiger partial charge in [0.2, 0.25) is 0 Å². The molecule has 0 radical (unpaired) electrons. The lowest BCUT2D eigenvalue weighted by atomic mass is 9.97. The fraction of sp³-hybridized carbons (Fsp3) is 0.0137. The van der Waals surface area contributed by atoms with Crippen LogP contribution in [0.5, 0.6) is 0 Å². The van der Waals surface area contributed by atoms with Gasteiger partial charge in [0, 0.05) is 74.5 Å². The highest BCUT2D eigenvalue weighted by molar-refractivity contribution is 7.25. The van der Waals surface area contributed by atoms with E-state index in [2.05, 4.69) is 276 Å². The van der Waals surface area contributed by atoms with Gasteiger partial charge in [-0.15, -0.1) is 22.7 Å². The maximum absolute atomic E-state index is 2.43. The molecule has 2 nitrogen and oxygen atoms in total. The molecule has 0 aliphatic heterocycles. The number of benzene rings is 11. The Labute approximate surface area is 453 Å². The third kappa shape index (κ3) is 7.29. The molecule has 16 rings (SSSR count). The van der Waals surface area contributed by atoms with E-state index >= 15 is 0 Å². The molecule has 77 heavy (non-hydrogen) atoms. The molecular formula is C73H46N2S2. The van der Waals surface area contributed by atoms with Gasteiger partial charge in [-0.05, 0) is 176 Å². The summed E-state index contributed by atoms with van der Waals surface area (Å²) >= 11 is 3.79. The Hall–Kier alpha value is -9.32. The summed E-state index contributed by atoms with van der Waals surface area (Å²) in [5, 5.41) is 8.86. The van der Waals surface area contributed by atoms with Gasteiger partial charge >= 0.3 is 0 Å². The fourth-order valence-electron chi connectivity index (χ4n) is 12.2. The predicted molar refractivity (Wildman–Crippen MR) is 332 cm³/mol. The second kappa shape index (κ2) is 17.6. The van der Waals surface area contributed by atoms with Gasteiger partial charge in [-0.1, -0.05) is 152 Å². The molecule has 4 heteroatoms. The van der Waals surface area contributed by atoms with Crippen molar-refractivity contribution in [2.75, 3.05) is 0 Å². The summed E-state index contributed by atoms with van der Waals surface area (Å²) in [6.45, 7) is 0. The molecule has 0 saturated carbocycles. The highest BCUT2D eigenvalue weighted by Crippen LogP contribution is 2.44. The first-order valence-electron chi connectivity index (χ1n) is 26.4. The van der Waals surface area contributed by atoms with Gasteiger partial charge in [0.15, 0.2) is 0 Å². The summed E-state index contributed by atoms with van der Waals surface area (Å²) in [6, 6.07) is 92.4. The first kappa shape index (κ1) is 44.0. The lowest BCUT2D eigenvalue weighted by molar-refractivity contribution is 1.18. The van der Waals surface area contributed by atoms with E-state index in [-0.39, 0.29) is 0 Å². The third-order valence-corrected chi connectivity index (χ3v) is 18.3. The zero-order valence-electron chi connectivity index (χ0n) is 41.8. The molecule has 0 saturated heterocycles. The zero-order chi connectivity index (χ0) is 50.6. The van der Waals surface area contributed by atoms with E-state index in [1.54, 1.807) is 0 Å². The molecule has 0 unspecified atom stereocenters. The van der Waals surface area contributed by atoms with Gasteiger partial charge in [-0.25, -0.2) is 0 Å². The molecule has 360 valence electrons. The van der Waals surface area contributed by atoms with Crippen molar-refractivity contribution in [1.29, 1.82) is 0 Å². The van der Waals surface area contributed by atoms with Crippen LogP contribution < -0.4 is 0 Å². The molecule has 4 aromatic heterocycles. The molecule has 0 spiro atoms. The Balaban J connectivity index is 0.841. The van der Waals surface area contributed by atoms with Crippen molar-refractivity contribution in [2.24, 2.45) is 0 Å². The number of thiophene rings is 2. The smallest absolute Gasteiger partial charge is 0.0541 e. The Morgan fingerprint density at radius 1 is 0.286 bits per heavy atom. The monoisotopic (exact) mass is 1010 g/mol. The van der Waals surface area contributed by atoms with Crippen molar-refractivity contribution >= 4 is 108 Å². The number of allylic oxidation sites excluding steroid dienone is 3. The molecule has 1 aliphatic rings. The van der Waals surface area contributed by atoms with Crippen molar-refractivity contribution in [3.05, 3.63) is 277 Å². The number of aromatic nitrogens is 2. The van der Waals surface area contributed by atoms with Crippen LogP contribution in [0.25, 0.3) is 141 Å². The molecule has 15 aromatic rings. The minimum absolute atomic E-state index is 0.939. The maximum Gasteiger partial charge on any atom is 0.0541 e. The summed E-state index contributed by atoms with van der Waals surface area (Å²) in [7, 11) is 0. The highest BCUT2D eigenvalue weighted by Gasteiger charge is 2.20. The van der Waals surface area contributed by atoms with Crippen LogP contribution in [0.1, 0.15) is 16.0 Å². The predicted octanol–water partition coefficient (Wildman–Crippen LogP) is 20.8. The fourth-order valence-corrected chi connectivity index (χ4v) is 14.4. The van der Waals surface area contributed by atoms with Gasteiger partial charge in [-0.2, -0.15) is 0 Å². The number of nitrogens with zero attached hydrogens (tertiary/aromatic N) is 2. The minimum Gasteiger partial charge on any atom is -0.309 e. The lowest BCUT2D eigenvalue weighted by Gasteiger charge is -2.09. The summed E-state index contributed by atoms with van der Waals surface area (Å²) in [4.78, 5) is 1.42. The van der Waals surface area contributed by atoms with Crippen LogP contribution in [0.15, 0.2) is 261 Å². The second-order valence-corrected chi connectivity index (χ2v) is 22.6. The summed E-state index contributed by atoms with van der Waals surface area (Å²) in [6.07, 6.45) is 7.94. The van der Waals surface area contributed by atoms with Crippen LogP contribution in [0.3, 0.4) is 0 Å². The number of rotatable bonds is 7. The van der Waals surface area contributed by atoms with Crippen LogP contribution in [0, 0.1) is 0 Å². The van der Waals surface area contributed by atoms with Crippen molar-refractivity contribution in [2.45, 2.75) is 6.42 Å². The van der Waals surface area contributed by atoms with Gasteiger partial charge in [0.25, 0.3) is 0 Å². The molecule has 0 bridgehead atoms. The van der Waals surface area contributed by atoms with Crippen LogP contribution in [-0.2, 0) is 6.42 Å². The summed E-state index contributed by atoms with van der Waals surface area (Å²) < 4.78 is 8.81. The van der Waals surface area contributed by atoms with E-state index in [0.717, 1.165) is 17.8 Å².